The van der Waals surface area contributed by atoms with Gasteiger partial charge in [-0.15, -0.1) is 0 Å². The second-order valence-electron chi connectivity index (χ2n) is 3.85. The molecule has 1 unspecified atom stereocenters. The molecule has 0 aliphatic heterocycles. The first-order valence-electron chi connectivity index (χ1n) is 5.19. The summed E-state index contributed by atoms with van der Waals surface area (Å²) in [5.74, 6) is -2.23. The van der Waals surface area contributed by atoms with Crippen LogP contribution in [-0.4, -0.2) is 40.1 Å². The minimum absolute atomic E-state index is 0.404. The van der Waals surface area contributed by atoms with Gasteiger partial charge in [0.25, 0.3) is 0 Å². The van der Waals surface area contributed by atoms with Gasteiger partial charge < -0.3 is 10.2 Å². The zero-order chi connectivity index (χ0) is 12.8. The number of carbonyl (C=O) groups is 2. The van der Waals surface area contributed by atoms with Crippen LogP contribution in [0.3, 0.4) is 0 Å². The van der Waals surface area contributed by atoms with Gasteiger partial charge in [0.15, 0.2) is 0 Å². The van der Waals surface area contributed by atoms with Crippen molar-refractivity contribution >= 4 is 11.9 Å². The summed E-state index contributed by atoms with van der Waals surface area (Å²) in [4.78, 5) is 23.1. The average Bonchev–Trinajstić information content (AvgIpc) is 2.26. The Morgan fingerprint density at radius 2 is 1.82 bits per heavy atom. The molecule has 5 heteroatoms. The summed E-state index contributed by atoms with van der Waals surface area (Å²) in [7, 11) is 1.61. The molecule has 0 aromatic heterocycles. The lowest BCUT2D eigenvalue weighted by Gasteiger charge is -2.23. The maximum absolute atomic E-state index is 11.0. The molecule has 1 atom stereocenters. The lowest BCUT2D eigenvalue weighted by atomic mass is 10.1. The molecule has 1 aromatic rings. The highest BCUT2D eigenvalue weighted by Crippen LogP contribution is 2.09. The van der Waals surface area contributed by atoms with E-state index in [1.165, 1.54) is 4.90 Å². The number of likely N-dealkylation sites (N-methyl/N-ethyl adjacent to an activating group) is 1. The highest BCUT2D eigenvalue weighted by atomic mass is 16.4. The van der Waals surface area contributed by atoms with E-state index in [1.54, 1.807) is 7.05 Å². The van der Waals surface area contributed by atoms with Crippen molar-refractivity contribution in [2.45, 2.75) is 19.0 Å². The second-order valence-corrected chi connectivity index (χ2v) is 3.85. The van der Waals surface area contributed by atoms with E-state index in [0.29, 0.717) is 6.54 Å². The summed E-state index contributed by atoms with van der Waals surface area (Å²) in [5.41, 5.74) is 0.951. The van der Waals surface area contributed by atoms with Crippen molar-refractivity contribution in [2.24, 2.45) is 0 Å². The van der Waals surface area contributed by atoms with Gasteiger partial charge in [-0.25, -0.2) is 0 Å². The maximum Gasteiger partial charge on any atom is 0.321 e. The maximum atomic E-state index is 11.0. The van der Waals surface area contributed by atoms with Crippen molar-refractivity contribution in [1.82, 2.24) is 4.90 Å². The van der Waals surface area contributed by atoms with E-state index in [9.17, 15) is 9.59 Å². The Kier molecular flexibility index (Phi) is 4.66. The first-order valence-corrected chi connectivity index (χ1v) is 5.19. The molecule has 92 valence electrons. The summed E-state index contributed by atoms with van der Waals surface area (Å²) < 4.78 is 0. The zero-order valence-corrected chi connectivity index (χ0v) is 9.54. The molecule has 0 fully saturated rings. The van der Waals surface area contributed by atoms with Crippen LogP contribution in [-0.2, 0) is 16.1 Å². The van der Waals surface area contributed by atoms with Crippen LogP contribution in [0, 0.1) is 0 Å². The molecule has 0 saturated heterocycles. The zero-order valence-electron chi connectivity index (χ0n) is 9.54. The van der Waals surface area contributed by atoms with E-state index < -0.39 is 24.4 Å². The van der Waals surface area contributed by atoms with E-state index in [1.807, 2.05) is 30.3 Å². The quantitative estimate of drug-likeness (QED) is 0.773. The number of benzene rings is 1. The Morgan fingerprint density at radius 3 is 2.29 bits per heavy atom. The predicted octanol–water partition coefficient (Wildman–Crippen LogP) is 1.05. The van der Waals surface area contributed by atoms with Crippen molar-refractivity contribution < 1.29 is 19.8 Å². The topological polar surface area (TPSA) is 77.8 Å². The van der Waals surface area contributed by atoms with Gasteiger partial charge in [-0.1, -0.05) is 30.3 Å². The number of rotatable bonds is 6. The van der Waals surface area contributed by atoms with Gasteiger partial charge in [0, 0.05) is 6.54 Å². The third-order valence-corrected chi connectivity index (χ3v) is 2.46. The highest BCUT2D eigenvalue weighted by molar-refractivity contribution is 5.80. The SMILES string of the molecule is CN(Cc1ccccc1)C(CC(=O)O)C(=O)O. The van der Waals surface area contributed by atoms with E-state index in [2.05, 4.69) is 0 Å². The summed E-state index contributed by atoms with van der Waals surface area (Å²) in [5, 5.41) is 17.6. The van der Waals surface area contributed by atoms with Crippen LogP contribution >= 0.6 is 0 Å². The highest BCUT2D eigenvalue weighted by Gasteiger charge is 2.25. The fourth-order valence-electron chi connectivity index (χ4n) is 1.58. The third kappa shape index (κ3) is 4.24. The number of carboxylic acids is 2. The fourth-order valence-corrected chi connectivity index (χ4v) is 1.58. The monoisotopic (exact) mass is 237 g/mol. The van der Waals surface area contributed by atoms with Crippen molar-refractivity contribution in [3.8, 4) is 0 Å². The van der Waals surface area contributed by atoms with Crippen LogP contribution in [0.1, 0.15) is 12.0 Å². The molecule has 0 saturated carbocycles. The lowest BCUT2D eigenvalue weighted by molar-refractivity contribution is -0.149. The van der Waals surface area contributed by atoms with Gasteiger partial charge in [0.2, 0.25) is 0 Å². The van der Waals surface area contributed by atoms with Crippen LogP contribution in [0.4, 0.5) is 0 Å². The molecule has 17 heavy (non-hydrogen) atoms. The number of aliphatic carboxylic acids is 2. The van der Waals surface area contributed by atoms with E-state index in [-0.39, 0.29) is 0 Å². The van der Waals surface area contributed by atoms with Gasteiger partial charge in [-0.3, -0.25) is 14.5 Å². The Balaban J connectivity index is 2.68. The minimum Gasteiger partial charge on any atom is -0.481 e. The Labute approximate surface area is 99.3 Å². The summed E-state index contributed by atoms with van der Waals surface area (Å²) in [6.07, 6.45) is -0.404. The third-order valence-electron chi connectivity index (χ3n) is 2.46. The van der Waals surface area contributed by atoms with Crippen LogP contribution < -0.4 is 0 Å². The van der Waals surface area contributed by atoms with Gasteiger partial charge in [-0.2, -0.15) is 0 Å². The molecular formula is C12H15NO4. The van der Waals surface area contributed by atoms with Crippen LogP contribution in [0.25, 0.3) is 0 Å². The van der Waals surface area contributed by atoms with E-state index in [4.69, 9.17) is 10.2 Å². The van der Waals surface area contributed by atoms with Crippen molar-refractivity contribution in [3.05, 3.63) is 35.9 Å². The summed E-state index contributed by atoms with van der Waals surface area (Å²) >= 11 is 0. The molecular weight excluding hydrogens is 222 g/mol. The number of hydrogen-bond donors (Lipinski definition) is 2. The van der Waals surface area contributed by atoms with Gasteiger partial charge in [0.05, 0.1) is 6.42 Å². The Hall–Kier alpha value is -1.88. The van der Waals surface area contributed by atoms with Crippen molar-refractivity contribution in [3.63, 3.8) is 0 Å². The van der Waals surface area contributed by atoms with E-state index in [0.717, 1.165) is 5.56 Å². The Morgan fingerprint density at radius 1 is 1.24 bits per heavy atom. The average molecular weight is 237 g/mol. The fraction of sp³-hybridized carbons (Fsp3) is 0.333. The molecule has 0 aliphatic rings. The first kappa shape index (κ1) is 13.2. The van der Waals surface area contributed by atoms with Crippen molar-refractivity contribution in [1.29, 1.82) is 0 Å². The largest absolute Gasteiger partial charge is 0.481 e. The molecule has 5 nitrogen and oxygen atoms in total. The molecule has 0 amide bonds. The Bertz CT molecular complexity index is 391. The number of carboxylic acid groups (broad SMARTS) is 2. The van der Waals surface area contributed by atoms with E-state index >= 15 is 0 Å². The number of nitrogens with zero attached hydrogens (tertiary/aromatic N) is 1. The molecule has 0 heterocycles. The molecule has 0 aliphatic carbocycles. The minimum atomic E-state index is -1.12. The van der Waals surface area contributed by atoms with Crippen LogP contribution in [0.5, 0.6) is 0 Å². The second kappa shape index (κ2) is 6.00. The molecule has 0 bridgehead atoms. The van der Waals surface area contributed by atoms with Gasteiger partial charge >= 0.3 is 11.9 Å². The molecule has 0 radical (unpaired) electrons. The lowest BCUT2D eigenvalue weighted by Crippen LogP contribution is -2.39. The standard InChI is InChI=1S/C12H15NO4/c1-13(8-9-5-3-2-4-6-9)10(12(16)17)7-11(14)15/h2-6,10H,7-8H2,1H3,(H,14,15)(H,16,17). The predicted molar refractivity (Wildman–Crippen MR) is 61.6 cm³/mol. The van der Waals surface area contributed by atoms with Gasteiger partial charge in [0.1, 0.15) is 6.04 Å². The van der Waals surface area contributed by atoms with Crippen LogP contribution in [0.2, 0.25) is 0 Å². The summed E-state index contributed by atoms with van der Waals surface area (Å²) in [6.45, 7) is 0.408. The number of hydrogen-bond acceptors (Lipinski definition) is 3. The first-order chi connectivity index (χ1) is 8.00. The molecule has 0 spiro atoms. The van der Waals surface area contributed by atoms with Crippen molar-refractivity contribution in [2.75, 3.05) is 7.05 Å². The molecule has 1 rings (SSSR count). The molecule has 2 N–H and O–H groups in total. The summed E-state index contributed by atoms with van der Waals surface area (Å²) in [6, 6.07) is 8.32. The van der Waals surface area contributed by atoms with Crippen LogP contribution in [0.15, 0.2) is 30.3 Å². The normalized spacial score (nSPS) is 12.4. The smallest absolute Gasteiger partial charge is 0.321 e. The molecule has 1 aromatic carbocycles. The van der Waals surface area contributed by atoms with Gasteiger partial charge in [-0.05, 0) is 12.6 Å².